The molecule has 8 heteroatoms. The van der Waals surface area contributed by atoms with E-state index in [0.717, 1.165) is 9.88 Å². The van der Waals surface area contributed by atoms with Gasteiger partial charge in [-0.15, -0.1) is 0 Å². The Morgan fingerprint density at radius 3 is 2.87 bits per heavy atom. The quantitative estimate of drug-likeness (QED) is 0.859. The second-order valence-corrected chi connectivity index (χ2v) is 6.91. The Balaban J connectivity index is 1.91. The molecule has 0 saturated heterocycles. The van der Waals surface area contributed by atoms with Crippen molar-refractivity contribution in [1.82, 2.24) is 9.62 Å². The normalized spacial score (nSPS) is 19.9. The summed E-state index contributed by atoms with van der Waals surface area (Å²) in [6.07, 6.45) is 9.53. The first-order valence-corrected chi connectivity index (χ1v) is 8.17. The minimum absolute atomic E-state index is 0.0729. The molecule has 0 saturated carbocycles. The molecule has 3 rings (SSSR count). The Kier molecular flexibility index (Phi) is 3.61. The molecule has 0 aromatic carbocycles. The maximum Gasteiger partial charge on any atom is 0.351 e. The number of hydrogen-bond donors (Lipinski definition) is 2. The summed E-state index contributed by atoms with van der Waals surface area (Å²) in [4.78, 5) is 11.0. The van der Waals surface area contributed by atoms with Crippen molar-refractivity contribution in [2.45, 2.75) is 11.1 Å². The number of allylic oxidation sites excluding steroid dienone is 3. The highest BCUT2D eigenvalue weighted by Crippen LogP contribution is 2.25. The molecule has 120 valence electrons. The molecule has 1 aliphatic carbocycles. The standard InChI is InChI=1S/C15H14N2O5S/c1-17(23(20,21)14-6-3-7-22-14)11-5-2-4-10-8-13(15(18)19)16-12(10)9-11/h2-9,12,16H,1H3,(H,18,19). The average Bonchev–Trinajstić information content (AvgIpc) is 3.13. The van der Waals surface area contributed by atoms with Gasteiger partial charge in [-0.3, -0.25) is 4.31 Å². The van der Waals surface area contributed by atoms with Crippen LogP contribution in [0.25, 0.3) is 0 Å². The zero-order valence-electron chi connectivity index (χ0n) is 12.1. The fourth-order valence-corrected chi connectivity index (χ4v) is 3.44. The summed E-state index contributed by atoms with van der Waals surface area (Å²) in [5.41, 5.74) is 1.23. The molecule has 2 aliphatic rings. The number of furan rings is 1. The van der Waals surface area contributed by atoms with Crippen LogP contribution in [0.15, 0.2) is 75.3 Å². The van der Waals surface area contributed by atoms with Crippen molar-refractivity contribution in [3.05, 3.63) is 65.7 Å². The molecule has 23 heavy (non-hydrogen) atoms. The van der Waals surface area contributed by atoms with Crippen molar-refractivity contribution < 1.29 is 22.7 Å². The highest BCUT2D eigenvalue weighted by atomic mass is 32.2. The maximum absolute atomic E-state index is 12.5. The van der Waals surface area contributed by atoms with Crippen LogP contribution in [0.2, 0.25) is 0 Å². The zero-order valence-corrected chi connectivity index (χ0v) is 12.9. The lowest BCUT2D eigenvalue weighted by Crippen LogP contribution is -2.29. The number of hydrogen-bond acceptors (Lipinski definition) is 5. The highest BCUT2D eigenvalue weighted by Gasteiger charge is 2.28. The Morgan fingerprint density at radius 1 is 1.43 bits per heavy atom. The van der Waals surface area contributed by atoms with Crippen molar-refractivity contribution in [2.24, 2.45) is 0 Å². The van der Waals surface area contributed by atoms with Crippen LogP contribution in [0.1, 0.15) is 0 Å². The molecule has 1 atom stereocenters. The summed E-state index contributed by atoms with van der Waals surface area (Å²) in [5, 5.41) is 11.7. The largest absolute Gasteiger partial charge is 0.477 e. The van der Waals surface area contributed by atoms with Gasteiger partial charge in [-0.25, -0.2) is 4.79 Å². The fraction of sp³-hybridized carbons (Fsp3) is 0.133. The van der Waals surface area contributed by atoms with E-state index in [0.29, 0.717) is 5.70 Å². The molecular formula is C15H14N2O5S. The van der Waals surface area contributed by atoms with Crippen molar-refractivity contribution >= 4 is 16.0 Å². The van der Waals surface area contributed by atoms with Crippen molar-refractivity contribution in [3.63, 3.8) is 0 Å². The van der Waals surface area contributed by atoms with E-state index in [1.807, 2.05) is 0 Å². The molecule has 0 radical (unpaired) electrons. The van der Waals surface area contributed by atoms with Gasteiger partial charge >= 0.3 is 5.97 Å². The first-order valence-electron chi connectivity index (χ1n) is 6.73. The zero-order chi connectivity index (χ0) is 16.6. The molecule has 7 nitrogen and oxygen atoms in total. The third-order valence-electron chi connectivity index (χ3n) is 3.58. The summed E-state index contributed by atoms with van der Waals surface area (Å²) in [5.74, 6) is -1.06. The van der Waals surface area contributed by atoms with Crippen LogP contribution in [0.5, 0.6) is 0 Å². The number of carboxylic acid groups (broad SMARTS) is 1. The van der Waals surface area contributed by atoms with E-state index in [4.69, 9.17) is 9.52 Å². The minimum atomic E-state index is -3.81. The summed E-state index contributed by atoms with van der Waals surface area (Å²) >= 11 is 0. The van der Waals surface area contributed by atoms with Crippen molar-refractivity contribution in [1.29, 1.82) is 0 Å². The fourth-order valence-electron chi connectivity index (χ4n) is 2.34. The van der Waals surface area contributed by atoms with Crippen LogP contribution in [-0.4, -0.2) is 36.9 Å². The minimum Gasteiger partial charge on any atom is -0.477 e. The van der Waals surface area contributed by atoms with Crippen LogP contribution >= 0.6 is 0 Å². The second kappa shape index (κ2) is 5.47. The topological polar surface area (TPSA) is 99.9 Å². The average molecular weight is 334 g/mol. The maximum atomic E-state index is 12.5. The van der Waals surface area contributed by atoms with Gasteiger partial charge in [0, 0.05) is 12.7 Å². The van der Waals surface area contributed by atoms with Gasteiger partial charge in [0.05, 0.1) is 12.3 Å². The first kappa shape index (κ1) is 15.2. The lowest BCUT2D eigenvalue weighted by atomic mass is 10.1. The van der Waals surface area contributed by atoms with E-state index >= 15 is 0 Å². The smallest absolute Gasteiger partial charge is 0.351 e. The molecule has 2 heterocycles. The van der Waals surface area contributed by atoms with E-state index in [1.54, 1.807) is 24.3 Å². The monoisotopic (exact) mass is 334 g/mol. The third kappa shape index (κ3) is 2.68. The van der Waals surface area contributed by atoms with Gasteiger partial charge in [0.25, 0.3) is 10.0 Å². The molecular weight excluding hydrogens is 320 g/mol. The summed E-state index contributed by atoms with van der Waals surface area (Å²) in [6, 6.07) is 2.47. The van der Waals surface area contributed by atoms with Gasteiger partial charge in [-0.1, -0.05) is 12.2 Å². The number of aliphatic carboxylic acids is 1. The van der Waals surface area contributed by atoms with Crippen LogP contribution in [0.3, 0.4) is 0 Å². The summed E-state index contributed by atoms with van der Waals surface area (Å²) < 4.78 is 31.0. The van der Waals surface area contributed by atoms with Gasteiger partial charge in [-0.2, -0.15) is 8.42 Å². The van der Waals surface area contributed by atoms with E-state index < -0.39 is 22.0 Å². The predicted molar refractivity (Wildman–Crippen MR) is 81.6 cm³/mol. The Morgan fingerprint density at radius 2 is 2.22 bits per heavy atom. The molecule has 0 amide bonds. The number of carbonyl (C=O) groups is 1. The van der Waals surface area contributed by atoms with Gasteiger partial charge < -0.3 is 14.8 Å². The SMILES string of the molecule is CN(C1=CC2NC(C(=O)O)=CC2=CC=C1)S(=O)(=O)c1ccco1. The van der Waals surface area contributed by atoms with E-state index in [1.165, 1.54) is 31.5 Å². The lowest BCUT2D eigenvalue weighted by Gasteiger charge is -2.20. The number of fused-ring (bicyclic) bond motifs is 1. The Hall–Kier alpha value is -2.74. The number of rotatable bonds is 4. The number of likely N-dealkylation sites (N-methyl/N-ethyl adjacent to an activating group) is 1. The number of sulfonamides is 1. The third-order valence-corrected chi connectivity index (χ3v) is 5.25. The summed E-state index contributed by atoms with van der Waals surface area (Å²) in [6.45, 7) is 0. The predicted octanol–water partition coefficient (Wildman–Crippen LogP) is 1.22. The van der Waals surface area contributed by atoms with Crippen LogP contribution in [-0.2, 0) is 14.8 Å². The Bertz CT molecular complexity index is 860. The Labute approximate surface area is 132 Å². The highest BCUT2D eigenvalue weighted by molar-refractivity contribution is 7.89. The molecule has 2 N–H and O–H groups in total. The van der Waals surface area contributed by atoms with Gasteiger partial charge in [0.15, 0.2) is 0 Å². The van der Waals surface area contributed by atoms with Crippen molar-refractivity contribution in [2.75, 3.05) is 7.05 Å². The van der Waals surface area contributed by atoms with Gasteiger partial charge in [0.2, 0.25) is 5.09 Å². The molecule has 1 aromatic rings. The van der Waals surface area contributed by atoms with Crippen LogP contribution in [0.4, 0.5) is 0 Å². The van der Waals surface area contributed by atoms with E-state index in [2.05, 4.69) is 5.32 Å². The molecule has 1 unspecified atom stereocenters. The molecule has 0 fully saturated rings. The van der Waals surface area contributed by atoms with Crippen LogP contribution in [0, 0.1) is 0 Å². The molecule has 1 aromatic heterocycles. The number of nitrogens with zero attached hydrogens (tertiary/aromatic N) is 1. The van der Waals surface area contributed by atoms with E-state index in [9.17, 15) is 13.2 Å². The lowest BCUT2D eigenvalue weighted by molar-refractivity contribution is -0.133. The van der Waals surface area contributed by atoms with Crippen molar-refractivity contribution in [3.8, 4) is 0 Å². The molecule has 0 bridgehead atoms. The number of nitrogens with one attached hydrogen (secondary N) is 1. The second-order valence-electron chi connectivity index (χ2n) is 5.01. The molecule has 1 aliphatic heterocycles. The van der Waals surface area contributed by atoms with Crippen LogP contribution < -0.4 is 5.32 Å². The van der Waals surface area contributed by atoms with Gasteiger partial charge in [0.1, 0.15) is 5.70 Å². The first-order chi connectivity index (χ1) is 10.9. The van der Waals surface area contributed by atoms with E-state index in [-0.39, 0.29) is 10.8 Å². The number of carboxylic acids is 1. The summed E-state index contributed by atoms with van der Waals surface area (Å²) in [7, 11) is -2.39. The molecule has 0 spiro atoms. The van der Waals surface area contributed by atoms with Gasteiger partial charge in [-0.05, 0) is 35.9 Å².